The number of quaternary nitrogens is 1. The van der Waals surface area contributed by atoms with Crippen molar-refractivity contribution in [2.45, 2.75) is 199 Å². The molecule has 0 radical (unpaired) electrons. The molecule has 0 saturated heterocycles. The summed E-state index contributed by atoms with van der Waals surface area (Å²) < 4.78 is 23.5. The monoisotopic (exact) mass is 744 g/mol. The molecule has 0 rings (SSSR count). The molecule has 9 heteroatoms. The summed E-state index contributed by atoms with van der Waals surface area (Å²) in [7, 11) is 1.56. The summed E-state index contributed by atoms with van der Waals surface area (Å²) in [6, 6.07) is -0.856. The number of unbranched alkanes of at least 4 members (excludes halogenated alkanes) is 23. The van der Waals surface area contributed by atoms with Gasteiger partial charge in [0, 0.05) is 6.42 Å². The minimum absolute atomic E-state index is 0.0580. The standard InChI is InChI=1S/C42H83N2O6P/c1-6-8-10-12-14-16-18-20-21-22-23-24-26-28-30-32-34-36-42(46)43-40(39-50-51(47,48)49-38-37-44(3,4)5)41(45)35-33-31-29-27-25-19-17-15-13-11-9-7-2/h25,27,33,35,40-41,45H,6-24,26,28-32,34,36-39H2,1-5H3,(H-,43,46,47,48)/p+1/b27-25+,35-33+. The van der Waals surface area contributed by atoms with E-state index in [1.165, 1.54) is 128 Å². The minimum atomic E-state index is -4.34. The number of carbonyl (C=O) groups excluding carboxylic acids is 1. The molecule has 0 aliphatic rings. The first kappa shape index (κ1) is 50.0. The number of phosphoric ester groups is 1. The lowest BCUT2D eigenvalue weighted by Crippen LogP contribution is -2.45. The molecular formula is C42H84N2O6P+. The number of amides is 1. The predicted octanol–water partition coefficient (Wildman–Crippen LogP) is 11.4. The number of nitrogens with one attached hydrogen (secondary N) is 1. The number of likely N-dealkylation sites (N-methyl/N-ethyl adjacent to an activating group) is 1. The maximum absolute atomic E-state index is 12.8. The van der Waals surface area contributed by atoms with Crippen molar-refractivity contribution in [2.24, 2.45) is 0 Å². The fourth-order valence-electron chi connectivity index (χ4n) is 6.00. The van der Waals surface area contributed by atoms with Crippen LogP contribution >= 0.6 is 7.82 Å². The van der Waals surface area contributed by atoms with Crippen molar-refractivity contribution in [3.63, 3.8) is 0 Å². The van der Waals surface area contributed by atoms with Crippen molar-refractivity contribution in [3.8, 4) is 0 Å². The third-order valence-corrected chi connectivity index (χ3v) is 10.4. The first-order valence-corrected chi connectivity index (χ1v) is 22.7. The van der Waals surface area contributed by atoms with Crippen molar-refractivity contribution in [2.75, 3.05) is 40.9 Å². The first-order chi connectivity index (χ1) is 24.5. The van der Waals surface area contributed by atoms with Crippen LogP contribution in [0, 0.1) is 0 Å². The molecule has 51 heavy (non-hydrogen) atoms. The Morgan fingerprint density at radius 1 is 0.647 bits per heavy atom. The molecule has 3 unspecified atom stereocenters. The number of allylic oxidation sites excluding steroid dienone is 3. The smallest absolute Gasteiger partial charge is 0.387 e. The van der Waals surface area contributed by atoms with Crippen LogP contribution in [0.4, 0.5) is 0 Å². The van der Waals surface area contributed by atoms with Gasteiger partial charge < -0.3 is 19.8 Å². The van der Waals surface area contributed by atoms with Crippen LogP contribution in [-0.4, -0.2) is 73.4 Å². The van der Waals surface area contributed by atoms with Gasteiger partial charge >= 0.3 is 7.82 Å². The number of hydrogen-bond donors (Lipinski definition) is 3. The number of rotatable bonds is 38. The molecular weight excluding hydrogens is 659 g/mol. The summed E-state index contributed by atoms with van der Waals surface area (Å²) in [6.07, 6.45) is 39.6. The van der Waals surface area contributed by atoms with Crippen LogP contribution in [0.3, 0.4) is 0 Å². The Morgan fingerprint density at radius 3 is 1.57 bits per heavy atom. The lowest BCUT2D eigenvalue weighted by Gasteiger charge is -2.25. The molecule has 3 N–H and O–H groups in total. The van der Waals surface area contributed by atoms with Crippen molar-refractivity contribution < 1.29 is 32.9 Å². The number of aliphatic hydroxyl groups excluding tert-OH is 1. The summed E-state index contributed by atoms with van der Waals surface area (Å²) >= 11 is 0. The third-order valence-electron chi connectivity index (χ3n) is 9.42. The van der Waals surface area contributed by atoms with Crippen molar-refractivity contribution in [1.29, 1.82) is 0 Å². The number of carbonyl (C=O) groups is 1. The maximum Gasteiger partial charge on any atom is 0.472 e. The van der Waals surface area contributed by atoms with Gasteiger partial charge in [-0.1, -0.05) is 173 Å². The number of nitrogens with zero attached hydrogens (tertiary/aromatic N) is 1. The Labute approximate surface area is 315 Å². The van der Waals surface area contributed by atoms with E-state index in [0.717, 1.165) is 38.5 Å². The largest absolute Gasteiger partial charge is 0.472 e. The average Bonchev–Trinajstić information content (AvgIpc) is 3.07. The van der Waals surface area contributed by atoms with Gasteiger partial charge in [-0.2, -0.15) is 0 Å². The van der Waals surface area contributed by atoms with E-state index in [4.69, 9.17) is 9.05 Å². The lowest BCUT2D eigenvalue weighted by atomic mass is 10.0. The van der Waals surface area contributed by atoms with E-state index in [2.05, 4.69) is 31.3 Å². The summed E-state index contributed by atoms with van der Waals surface area (Å²) in [6.45, 7) is 4.77. The second kappa shape index (κ2) is 34.7. The molecule has 0 aliphatic heterocycles. The third kappa shape index (κ3) is 37.1. The van der Waals surface area contributed by atoms with Gasteiger partial charge in [-0.05, 0) is 32.1 Å². The molecule has 0 aliphatic carbocycles. The molecule has 0 aromatic rings. The highest BCUT2D eigenvalue weighted by atomic mass is 31.2. The SMILES string of the molecule is CCCCCCCC/C=C/CC/C=C/C(O)C(COP(=O)(O)OCC[N+](C)(C)C)NC(=O)CCCCCCCCCCCCCCCCCCC. The lowest BCUT2D eigenvalue weighted by molar-refractivity contribution is -0.870. The maximum atomic E-state index is 12.8. The molecule has 0 aromatic heterocycles. The molecule has 0 saturated carbocycles. The predicted molar refractivity (Wildman–Crippen MR) is 217 cm³/mol. The Balaban J connectivity index is 4.44. The van der Waals surface area contributed by atoms with Crippen molar-refractivity contribution in [1.82, 2.24) is 5.32 Å². The minimum Gasteiger partial charge on any atom is -0.387 e. The highest BCUT2D eigenvalue weighted by Crippen LogP contribution is 2.43. The van der Waals surface area contributed by atoms with E-state index < -0.39 is 20.0 Å². The zero-order chi connectivity index (χ0) is 37.9. The molecule has 1 amide bonds. The van der Waals surface area contributed by atoms with Gasteiger partial charge in [-0.25, -0.2) is 4.57 Å². The zero-order valence-electron chi connectivity index (χ0n) is 34.1. The molecule has 0 heterocycles. The summed E-state index contributed by atoms with van der Waals surface area (Å²) in [4.78, 5) is 23.0. The van der Waals surface area contributed by atoms with Crippen LogP contribution in [0.5, 0.6) is 0 Å². The molecule has 0 aromatic carbocycles. The quantitative estimate of drug-likeness (QED) is 0.0252. The van der Waals surface area contributed by atoms with Crippen LogP contribution in [0.2, 0.25) is 0 Å². The Morgan fingerprint density at radius 2 is 1.08 bits per heavy atom. The highest BCUT2D eigenvalue weighted by molar-refractivity contribution is 7.47. The Hall–Kier alpha value is -1.02. The van der Waals surface area contributed by atoms with Gasteiger partial charge in [-0.15, -0.1) is 0 Å². The van der Waals surface area contributed by atoms with E-state index >= 15 is 0 Å². The summed E-state index contributed by atoms with van der Waals surface area (Å²) in [5, 5.41) is 13.8. The van der Waals surface area contributed by atoms with Gasteiger partial charge in [0.2, 0.25) is 5.91 Å². The molecule has 0 fully saturated rings. The summed E-state index contributed by atoms with van der Waals surface area (Å²) in [5.41, 5.74) is 0. The van der Waals surface area contributed by atoms with E-state index in [9.17, 15) is 19.4 Å². The van der Waals surface area contributed by atoms with E-state index in [1.54, 1.807) is 6.08 Å². The van der Waals surface area contributed by atoms with Crippen LogP contribution in [-0.2, 0) is 18.4 Å². The van der Waals surface area contributed by atoms with Gasteiger partial charge in [-0.3, -0.25) is 13.8 Å². The van der Waals surface area contributed by atoms with Crippen molar-refractivity contribution in [3.05, 3.63) is 24.3 Å². The molecule has 0 spiro atoms. The van der Waals surface area contributed by atoms with Gasteiger partial charge in [0.05, 0.1) is 39.9 Å². The Kier molecular flexibility index (Phi) is 34.0. The average molecular weight is 744 g/mol. The fourth-order valence-corrected chi connectivity index (χ4v) is 6.73. The zero-order valence-corrected chi connectivity index (χ0v) is 35.0. The molecule has 3 atom stereocenters. The van der Waals surface area contributed by atoms with Crippen molar-refractivity contribution >= 4 is 13.7 Å². The fraction of sp³-hybridized carbons (Fsp3) is 0.881. The number of phosphoric acid groups is 1. The van der Waals surface area contributed by atoms with Crippen LogP contribution in [0.1, 0.15) is 187 Å². The number of aliphatic hydroxyl groups is 1. The van der Waals surface area contributed by atoms with E-state index in [1.807, 2.05) is 27.2 Å². The second-order valence-corrected chi connectivity index (χ2v) is 17.2. The van der Waals surface area contributed by atoms with Crippen LogP contribution in [0.15, 0.2) is 24.3 Å². The summed E-state index contributed by atoms with van der Waals surface area (Å²) in [5.74, 6) is -0.187. The van der Waals surface area contributed by atoms with Gasteiger partial charge in [0.1, 0.15) is 13.2 Å². The number of hydrogen-bond acceptors (Lipinski definition) is 5. The van der Waals surface area contributed by atoms with E-state index in [0.29, 0.717) is 17.4 Å². The van der Waals surface area contributed by atoms with Gasteiger partial charge in [0.25, 0.3) is 0 Å². The van der Waals surface area contributed by atoms with Crippen LogP contribution in [0.25, 0.3) is 0 Å². The topological polar surface area (TPSA) is 105 Å². The second-order valence-electron chi connectivity index (χ2n) is 15.7. The molecule has 302 valence electrons. The normalized spacial score (nSPS) is 14.7. The highest BCUT2D eigenvalue weighted by Gasteiger charge is 2.27. The van der Waals surface area contributed by atoms with Gasteiger partial charge in [0.15, 0.2) is 0 Å². The molecule has 0 bridgehead atoms. The molecule has 8 nitrogen and oxygen atoms in total. The Bertz CT molecular complexity index is 891. The van der Waals surface area contributed by atoms with Crippen LogP contribution < -0.4 is 5.32 Å². The first-order valence-electron chi connectivity index (χ1n) is 21.2. The van der Waals surface area contributed by atoms with E-state index in [-0.39, 0.29) is 19.1 Å².